The van der Waals surface area contributed by atoms with Crippen LogP contribution in [0.25, 0.3) is 0 Å². The van der Waals surface area contributed by atoms with Gasteiger partial charge in [-0.15, -0.1) is 0 Å². The predicted molar refractivity (Wildman–Crippen MR) is 110 cm³/mol. The normalized spacial score (nSPS) is 18.7. The molecule has 0 aromatic heterocycles. The van der Waals surface area contributed by atoms with E-state index in [0.717, 1.165) is 31.8 Å². The van der Waals surface area contributed by atoms with E-state index in [9.17, 15) is 5.11 Å². The first-order chi connectivity index (χ1) is 13.1. The average Bonchev–Trinajstić information content (AvgIpc) is 3.13. The Hall–Kier alpha value is -1.88. The summed E-state index contributed by atoms with van der Waals surface area (Å²) in [5.74, 6) is 1.28. The number of ether oxygens (including phenoxy) is 1. The maximum absolute atomic E-state index is 10.3. The smallest absolute Gasteiger partial charge is 0.122 e. The van der Waals surface area contributed by atoms with E-state index in [0.29, 0.717) is 25.1 Å². The van der Waals surface area contributed by atoms with Crippen molar-refractivity contribution in [2.45, 2.75) is 44.9 Å². The molecule has 1 fully saturated rings. The Morgan fingerprint density at radius 3 is 2.63 bits per heavy atom. The topological polar surface area (TPSA) is 44.7 Å². The summed E-state index contributed by atoms with van der Waals surface area (Å²) in [6, 6.07) is 19.1. The molecule has 1 heterocycles. The van der Waals surface area contributed by atoms with Crippen LogP contribution in [0.3, 0.4) is 0 Å². The lowest BCUT2D eigenvalue weighted by molar-refractivity contribution is 0.103. The molecule has 1 aliphatic rings. The highest BCUT2D eigenvalue weighted by Gasteiger charge is 2.22. The largest absolute Gasteiger partial charge is 0.491 e. The van der Waals surface area contributed by atoms with Gasteiger partial charge in [0.2, 0.25) is 0 Å². The number of aliphatic hydroxyl groups excluding tert-OH is 1. The molecule has 4 nitrogen and oxygen atoms in total. The molecule has 0 spiro atoms. The van der Waals surface area contributed by atoms with Gasteiger partial charge in [0.15, 0.2) is 0 Å². The van der Waals surface area contributed by atoms with E-state index >= 15 is 0 Å². The second-order valence-corrected chi connectivity index (χ2v) is 7.77. The molecule has 146 valence electrons. The Morgan fingerprint density at radius 2 is 1.85 bits per heavy atom. The van der Waals surface area contributed by atoms with E-state index in [1.165, 1.54) is 11.1 Å². The minimum Gasteiger partial charge on any atom is -0.491 e. The molecule has 27 heavy (non-hydrogen) atoms. The molecular formula is C23H32N2O2. The highest BCUT2D eigenvalue weighted by atomic mass is 16.5. The van der Waals surface area contributed by atoms with Crippen LogP contribution in [0, 0.1) is 0 Å². The lowest BCUT2D eigenvalue weighted by Gasteiger charge is -2.19. The second kappa shape index (κ2) is 9.88. The number of hydrogen-bond acceptors (Lipinski definition) is 4. The first kappa shape index (κ1) is 19.9. The van der Waals surface area contributed by atoms with Crippen LogP contribution in [0.5, 0.6) is 5.75 Å². The molecule has 3 rings (SSSR count). The zero-order chi connectivity index (χ0) is 19.1. The number of benzene rings is 2. The van der Waals surface area contributed by atoms with Crippen LogP contribution in [0.4, 0.5) is 0 Å². The zero-order valence-electron chi connectivity index (χ0n) is 16.5. The highest BCUT2D eigenvalue weighted by molar-refractivity contribution is 5.35. The van der Waals surface area contributed by atoms with Crippen molar-refractivity contribution in [3.8, 4) is 5.75 Å². The molecule has 0 aliphatic carbocycles. The molecule has 2 aromatic rings. The Labute approximate surface area is 163 Å². The fraction of sp³-hybridized carbons (Fsp3) is 0.478. The van der Waals surface area contributed by atoms with Crippen LogP contribution in [0.15, 0.2) is 54.6 Å². The monoisotopic (exact) mass is 368 g/mol. The summed E-state index contributed by atoms with van der Waals surface area (Å²) in [6.45, 7) is 8.31. The third kappa shape index (κ3) is 6.06. The lowest BCUT2D eigenvalue weighted by atomic mass is 10.0. The van der Waals surface area contributed by atoms with Gasteiger partial charge in [0.05, 0.1) is 0 Å². The molecule has 2 aromatic carbocycles. The third-order valence-electron chi connectivity index (χ3n) is 5.14. The summed E-state index contributed by atoms with van der Waals surface area (Å²) >= 11 is 0. The molecule has 2 N–H and O–H groups in total. The molecule has 1 saturated heterocycles. The van der Waals surface area contributed by atoms with Crippen molar-refractivity contribution in [1.82, 2.24) is 10.2 Å². The Kier molecular flexibility index (Phi) is 7.27. The number of aliphatic hydroxyl groups is 1. The van der Waals surface area contributed by atoms with Crippen LogP contribution >= 0.6 is 0 Å². The van der Waals surface area contributed by atoms with Gasteiger partial charge in [-0.25, -0.2) is 0 Å². The number of nitrogens with zero attached hydrogens (tertiary/aromatic N) is 1. The van der Waals surface area contributed by atoms with Crippen molar-refractivity contribution in [2.75, 3.05) is 26.2 Å². The van der Waals surface area contributed by atoms with E-state index in [1.807, 2.05) is 18.2 Å². The third-order valence-corrected chi connectivity index (χ3v) is 5.14. The lowest BCUT2D eigenvalue weighted by Crippen LogP contribution is -2.39. The number of hydrogen-bond donors (Lipinski definition) is 2. The molecule has 0 saturated carbocycles. The Morgan fingerprint density at radius 1 is 1.11 bits per heavy atom. The van der Waals surface area contributed by atoms with Gasteiger partial charge < -0.3 is 15.2 Å². The van der Waals surface area contributed by atoms with E-state index in [-0.39, 0.29) is 0 Å². The predicted octanol–water partition coefficient (Wildman–Crippen LogP) is 3.41. The molecule has 0 bridgehead atoms. The maximum Gasteiger partial charge on any atom is 0.122 e. The van der Waals surface area contributed by atoms with Crippen molar-refractivity contribution in [3.05, 3.63) is 65.7 Å². The summed E-state index contributed by atoms with van der Waals surface area (Å²) in [5, 5.41) is 13.8. The summed E-state index contributed by atoms with van der Waals surface area (Å²) in [6.07, 6.45) is 0.616. The minimum absolute atomic E-state index is 0.317. The van der Waals surface area contributed by atoms with Gasteiger partial charge in [-0.3, -0.25) is 4.90 Å². The zero-order valence-corrected chi connectivity index (χ0v) is 16.5. The Balaban J connectivity index is 1.38. The highest BCUT2D eigenvalue weighted by Crippen LogP contribution is 2.25. The van der Waals surface area contributed by atoms with E-state index in [4.69, 9.17) is 4.74 Å². The summed E-state index contributed by atoms with van der Waals surface area (Å²) in [5.41, 5.74) is 2.54. The van der Waals surface area contributed by atoms with Crippen molar-refractivity contribution in [1.29, 1.82) is 0 Å². The molecule has 0 radical (unpaired) electrons. The van der Waals surface area contributed by atoms with Crippen molar-refractivity contribution in [3.63, 3.8) is 0 Å². The standard InChI is InChI=1S/C23H32N2O2/c1-18(2)22-10-6-7-11-23(22)27-17-21(26)14-24-20-12-13-25(16-20)15-19-8-4-3-5-9-19/h3-11,18,20-21,24,26H,12-17H2,1-2H3/t20-,21+/m0/s1. The van der Waals surface area contributed by atoms with Crippen molar-refractivity contribution >= 4 is 0 Å². The van der Waals surface area contributed by atoms with Crippen molar-refractivity contribution < 1.29 is 9.84 Å². The van der Waals surface area contributed by atoms with Gasteiger partial charge in [0.1, 0.15) is 18.5 Å². The summed E-state index contributed by atoms with van der Waals surface area (Å²) < 4.78 is 5.88. The first-order valence-electron chi connectivity index (χ1n) is 10.0. The fourth-order valence-electron chi connectivity index (χ4n) is 3.62. The van der Waals surface area contributed by atoms with Gasteiger partial charge >= 0.3 is 0 Å². The molecule has 4 heteroatoms. The fourth-order valence-corrected chi connectivity index (χ4v) is 3.62. The summed E-state index contributed by atoms with van der Waals surface area (Å²) in [4.78, 5) is 2.47. The SMILES string of the molecule is CC(C)c1ccccc1OC[C@H](O)CN[C@H]1CCN(Cc2ccccc2)C1. The van der Waals surface area contributed by atoms with Gasteiger partial charge in [-0.05, 0) is 29.5 Å². The van der Waals surface area contributed by atoms with Gasteiger partial charge in [0.25, 0.3) is 0 Å². The molecule has 1 aliphatic heterocycles. The van der Waals surface area contributed by atoms with Gasteiger partial charge in [0, 0.05) is 32.2 Å². The summed E-state index contributed by atoms with van der Waals surface area (Å²) in [7, 11) is 0. The molecule has 2 atom stereocenters. The van der Waals surface area contributed by atoms with E-state index in [2.05, 4.69) is 60.5 Å². The van der Waals surface area contributed by atoms with Crippen LogP contribution in [-0.4, -0.2) is 48.4 Å². The van der Waals surface area contributed by atoms with Crippen LogP contribution in [0.2, 0.25) is 0 Å². The van der Waals surface area contributed by atoms with E-state index in [1.54, 1.807) is 0 Å². The van der Waals surface area contributed by atoms with Gasteiger partial charge in [-0.1, -0.05) is 62.4 Å². The number of rotatable bonds is 9. The minimum atomic E-state index is -0.506. The van der Waals surface area contributed by atoms with Crippen LogP contribution < -0.4 is 10.1 Å². The molecular weight excluding hydrogens is 336 g/mol. The molecule has 0 amide bonds. The number of para-hydroxylation sites is 1. The quantitative estimate of drug-likeness (QED) is 0.712. The van der Waals surface area contributed by atoms with E-state index < -0.39 is 6.10 Å². The second-order valence-electron chi connectivity index (χ2n) is 7.77. The Bertz CT molecular complexity index is 690. The number of likely N-dealkylation sites (tertiary alicyclic amines) is 1. The number of nitrogens with one attached hydrogen (secondary N) is 1. The average molecular weight is 369 g/mol. The van der Waals surface area contributed by atoms with Crippen LogP contribution in [0.1, 0.15) is 37.3 Å². The first-order valence-corrected chi connectivity index (χ1v) is 10.0. The molecule has 0 unspecified atom stereocenters. The van der Waals surface area contributed by atoms with Gasteiger partial charge in [-0.2, -0.15) is 0 Å². The van der Waals surface area contributed by atoms with Crippen LogP contribution in [-0.2, 0) is 6.54 Å². The maximum atomic E-state index is 10.3. The van der Waals surface area contributed by atoms with Crippen molar-refractivity contribution in [2.24, 2.45) is 0 Å².